The molecule has 2 heterocycles. The lowest BCUT2D eigenvalue weighted by Gasteiger charge is -2.43. The molecule has 3 nitrogen and oxygen atoms in total. The van der Waals surface area contributed by atoms with E-state index in [0.29, 0.717) is 6.42 Å². The van der Waals surface area contributed by atoms with Crippen molar-refractivity contribution < 1.29 is 9.53 Å². The molecule has 1 amide bonds. The third-order valence-electron chi connectivity index (χ3n) is 2.33. The molecule has 2 aliphatic rings. The van der Waals surface area contributed by atoms with Gasteiger partial charge >= 0.3 is 0 Å². The highest BCUT2D eigenvalue weighted by molar-refractivity contribution is 5.77. The first-order valence-corrected chi connectivity index (χ1v) is 4.65. The van der Waals surface area contributed by atoms with Gasteiger partial charge in [-0.25, -0.2) is 0 Å². The summed E-state index contributed by atoms with van der Waals surface area (Å²) in [5.41, 5.74) is 0.238. The number of amides is 1. The highest BCUT2D eigenvalue weighted by Crippen LogP contribution is 2.36. The zero-order valence-corrected chi connectivity index (χ0v) is 7.85. The van der Waals surface area contributed by atoms with Crippen LogP contribution in [0.15, 0.2) is 0 Å². The number of ether oxygens (including phenoxy) is 1. The second-order valence-corrected chi connectivity index (χ2v) is 3.27. The van der Waals surface area contributed by atoms with Crippen molar-refractivity contribution in [3.63, 3.8) is 0 Å². The van der Waals surface area contributed by atoms with Crippen LogP contribution in [0.1, 0.15) is 26.7 Å². The lowest BCUT2D eigenvalue weighted by atomic mass is 9.77. The van der Waals surface area contributed by atoms with E-state index in [1.54, 1.807) is 0 Å². The van der Waals surface area contributed by atoms with Gasteiger partial charge in [0.05, 0.1) is 13.2 Å². The topological polar surface area (TPSA) is 38.3 Å². The van der Waals surface area contributed by atoms with E-state index >= 15 is 0 Å². The summed E-state index contributed by atoms with van der Waals surface area (Å²) in [6.07, 6.45) is 1.77. The SMILES string of the molecule is CC.O=C1CC2(CCN1)COC2. The molecule has 1 N–H and O–H groups in total. The van der Waals surface area contributed by atoms with E-state index in [-0.39, 0.29) is 11.3 Å². The Bertz CT molecular complexity index is 164. The minimum atomic E-state index is 0.189. The molecular formula is C9H17NO2. The summed E-state index contributed by atoms with van der Waals surface area (Å²) in [5, 5.41) is 2.81. The standard InChI is InChI=1S/C7H11NO2.C2H6/c9-6-3-7(1-2-8-6)4-10-5-7;1-2/h1-5H2,(H,8,9);1-2H3. The van der Waals surface area contributed by atoms with Crippen LogP contribution < -0.4 is 5.32 Å². The van der Waals surface area contributed by atoms with Gasteiger partial charge in [0.15, 0.2) is 0 Å². The van der Waals surface area contributed by atoms with Crippen LogP contribution in [0.25, 0.3) is 0 Å². The maximum Gasteiger partial charge on any atom is 0.220 e. The molecule has 2 fully saturated rings. The lowest BCUT2D eigenvalue weighted by Crippen LogP contribution is -2.51. The Morgan fingerprint density at radius 3 is 2.42 bits per heavy atom. The predicted octanol–water partition coefficient (Wildman–Crippen LogP) is 0.939. The van der Waals surface area contributed by atoms with Crippen molar-refractivity contribution in [2.45, 2.75) is 26.7 Å². The number of piperidine rings is 1. The molecule has 0 saturated carbocycles. The number of hydrogen-bond donors (Lipinski definition) is 1. The monoisotopic (exact) mass is 171 g/mol. The van der Waals surface area contributed by atoms with E-state index in [0.717, 1.165) is 26.2 Å². The molecule has 2 saturated heterocycles. The molecule has 2 aliphatic heterocycles. The average molecular weight is 171 g/mol. The number of nitrogens with one attached hydrogen (secondary N) is 1. The first-order chi connectivity index (χ1) is 5.81. The molecule has 0 aromatic heterocycles. The fraction of sp³-hybridized carbons (Fsp3) is 0.889. The zero-order chi connectivity index (χ0) is 9.03. The van der Waals surface area contributed by atoms with Gasteiger partial charge in [0.2, 0.25) is 5.91 Å². The predicted molar refractivity (Wildman–Crippen MR) is 46.8 cm³/mol. The number of carbonyl (C=O) groups is 1. The maximum absolute atomic E-state index is 10.9. The summed E-state index contributed by atoms with van der Waals surface area (Å²) < 4.78 is 5.08. The van der Waals surface area contributed by atoms with Crippen molar-refractivity contribution in [1.82, 2.24) is 5.32 Å². The average Bonchev–Trinajstić information content (AvgIpc) is 2.06. The highest BCUT2D eigenvalue weighted by atomic mass is 16.5. The fourth-order valence-electron chi connectivity index (χ4n) is 1.60. The van der Waals surface area contributed by atoms with Gasteiger partial charge in [-0.1, -0.05) is 13.8 Å². The van der Waals surface area contributed by atoms with Crippen LogP contribution in [0.5, 0.6) is 0 Å². The van der Waals surface area contributed by atoms with Crippen molar-refractivity contribution in [1.29, 1.82) is 0 Å². The summed E-state index contributed by atoms with van der Waals surface area (Å²) in [5.74, 6) is 0.189. The Kier molecular flexibility index (Phi) is 3.09. The van der Waals surface area contributed by atoms with Gasteiger partial charge in [-0.05, 0) is 6.42 Å². The second kappa shape index (κ2) is 3.90. The molecule has 12 heavy (non-hydrogen) atoms. The molecule has 0 atom stereocenters. The van der Waals surface area contributed by atoms with Gasteiger partial charge in [0, 0.05) is 18.4 Å². The van der Waals surface area contributed by atoms with E-state index in [9.17, 15) is 4.79 Å². The minimum absolute atomic E-state index is 0.189. The molecule has 0 aromatic carbocycles. The summed E-state index contributed by atoms with van der Waals surface area (Å²) in [7, 11) is 0. The van der Waals surface area contributed by atoms with Crippen molar-refractivity contribution in [3.8, 4) is 0 Å². The van der Waals surface area contributed by atoms with E-state index in [1.807, 2.05) is 13.8 Å². The van der Waals surface area contributed by atoms with Crippen molar-refractivity contribution >= 4 is 5.91 Å². The first-order valence-electron chi connectivity index (χ1n) is 4.65. The maximum atomic E-state index is 10.9. The third kappa shape index (κ3) is 1.78. The molecule has 0 aromatic rings. The Balaban J connectivity index is 0.000000336. The summed E-state index contributed by atoms with van der Waals surface area (Å²) in [4.78, 5) is 10.9. The summed E-state index contributed by atoms with van der Waals surface area (Å²) in [6, 6.07) is 0. The van der Waals surface area contributed by atoms with E-state index < -0.39 is 0 Å². The Morgan fingerprint density at radius 1 is 1.42 bits per heavy atom. The second-order valence-electron chi connectivity index (χ2n) is 3.27. The molecule has 0 unspecified atom stereocenters. The quantitative estimate of drug-likeness (QED) is 0.589. The summed E-state index contributed by atoms with van der Waals surface area (Å²) >= 11 is 0. The van der Waals surface area contributed by atoms with Gasteiger partial charge in [0.1, 0.15) is 0 Å². The van der Waals surface area contributed by atoms with Crippen LogP contribution in [0, 0.1) is 5.41 Å². The largest absolute Gasteiger partial charge is 0.380 e. The fourth-order valence-corrected chi connectivity index (χ4v) is 1.60. The van der Waals surface area contributed by atoms with Crippen LogP contribution in [0.3, 0.4) is 0 Å². The van der Waals surface area contributed by atoms with Gasteiger partial charge in [-0.3, -0.25) is 4.79 Å². The van der Waals surface area contributed by atoms with Crippen molar-refractivity contribution in [2.75, 3.05) is 19.8 Å². The van der Waals surface area contributed by atoms with Gasteiger partial charge in [0.25, 0.3) is 0 Å². The smallest absolute Gasteiger partial charge is 0.220 e. The minimum Gasteiger partial charge on any atom is -0.380 e. The van der Waals surface area contributed by atoms with Gasteiger partial charge < -0.3 is 10.1 Å². The van der Waals surface area contributed by atoms with Crippen molar-refractivity contribution in [3.05, 3.63) is 0 Å². The molecule has 3 heteroatoms. The molecule has 1 spiro atoms. The number of carbonyl (C=O) groups excluding carboxylic acids is 1. The van der Waals surface area contributed by atoms with Crippen LogP contribution in [-0.2, 0) is 9.53 Å². The zero-order valence-electron chi connectivity index (χ0n) is 7.85. The Labute approximate surface area is 73.5 Å². The van der Waals surface area contributed by atoms with Crippen molar-refractivity contribution in [2.24, 2.45) is 5.41 Å². The van der Waals surface area contributed by atoms with E-state index in [2.05, 4.69) is 5.32 Å². The third-order valence-corrected chi connectivity index (χ3v) is 2.33. The molecule has 0 radical (unpaired) electrons. The first kappa shape index (κ1) is 9.52. The molecular weight excluding hydrogens is 154 g/mol. The molecule has 70 valence electrons. The van der Waals surface area contributed by atoms with Gasteiger partial charge in [-0.2, -0.15) is 0 Å². The van der Waals surface area contributed by atoms with Crippen LogP contribution in [0.2, 0.25) is 0 Å². The number of hydrogen-bond acceptors (Lipinski definition) is 2. The Hall–Kier alpha value is -0.570. The molecule has 0 aliphatic carbocycles. The summed E-state index contributed by atoms with van der Waals surface area (Å²) in [6.45, 7) is 6.42. The van der Waals surface area contributed by atoms with Crippen LogP contribution >= 0.6 is 0 Å². The number of rotatable bonds is 0. The Morgan fingerprint density at radius 2 is 2.08 bits per heavy atom. The lowest BCUT2D eigenvalue weighted by molar-refractivity contribution is -0.151. The highest BCUT2D eigenvalue weighted by Gasteiger charge is 2.42. The van der Waals surface area contributed by atoms with Crippen LogP contribution in [0.4, 0.5) is 0 Å². The van der Waals surface area contributed by atoms with E-state index in [1.165, 1.54) is 0 Å². The van der Waals surface area contributed by atoms with E-state index in [4.69, 9.17) is 4.74 Å². The normalized spacial score (nSPS) is 25.0. The molecule has 2 rings (SSSR count). The molecule has 0 bridgehead atoms. The van der Waals surface area contributed by atoms with Crippen LogP contribution in [-0.4, -0.2) is 25.7 Å². The van der Waals surface area contributed by atoms with Gasteiger partial charge in [-0.15, -0.1) is 0 Å².